The number of aliphatic hydroxyl groups excluding tert-OH is 1. The maximum Gasteiger partial charge on any atom is 0.223 e. The first-order valence-electron chi connectivity index (χ1n) is 7.61. The van der Waals surface area contributed by atoms with Gasteiger partial charge in [-0.25, -0.2) is 0 Å². The van der Waals surface area contributed by atoms with E-state index in [4.69, 9.17) is 0 Å². The molecular formula is C15H22N4O2. The van der Waals surface area contributed by atoms with Gasteiger partial charge in [-0.3, -0.25) is 9.48 Å². The van der Waals surface area contributed by atoms with Gasteiger partial charge < -0.3 is 15.3 Å². The molecule has 1 aromatic heterocycles. The van der Waals surface area contributed by atoms with Crippen LogP contribution < -0.4 is 5.32 Å². The van der Waals surface area contributed by atoms with Gasteiger partial charge in [0.1, 0.15) is 0 Å². The fraction of sp³-hybridized carbons (Fsp3) is 0.600. The number of hydrogen-bond acceptors (Lipinski definition) is 4. The van der Waals surface area contributed by atoms with Crippen LogP contribution in [0.1, 0.15) is 24.2 Å². The highest BCUT2D eigenvalue weighted by Crippen LogP contribution is 2.14. The van der Waals surface area contributed by atoms with Crippen LogP contribution in [0, 0.1) is 0 Å². The second-order valence-electron chi connectivity index (χ2n) is 5.60. The first-order chi connectivity index (χ1) is 10.3. The summed E-state index contributed by atoms with van der Waals surface area (Å²) in [5.74, 6) is 0.0837. The molecule has 6 nitrogen and oxygen atoms in total. The number of carbonyl (C=O) groups is 1. The minimum Gasteiger partial charge on any atom is -0.394 e. The molecule has 0 saturated carbocycles. The van der Waals surface area contributed by atoms with E-state index in [1.807, 2.05) is 16.8 Å². The lowest BCUT2D eigenvalue weighted by Gasteiger charge is -2.22. The van der Waals surface area contributed by atoms with E-state index in [1.54, 1.807) is 4.90 Å². The zero-order valence-corrected chi connectivity index (χ0v) is 12.2. The maximum absolute atomic E-state index is 12.2. The van der Waals surface area contributed by atoms with E-state index in [2.05, 4.69) is 16.5 Å². The summed E-state index contributed by atoms with van der Waals surface area (Å²) < 4.78 is 2.05. The molecule has 0 fully saturated rings. The summed E-state index contributed by atoms with van der Waals surface area (Å²) in [6, 6.07) is 1.94. The van der Waals surface area contributed by atoms with E-state index >= 15 is 0 Å². The van der Waals surface area contributed by atoms with E-state index in [9.17, 15) is 9.90 Å². The van der Waals surface area contributed by atoms with Gasteiger partial charge in [0.15, 0.2) is 0 Å². The molecule has 3 heterocycles. The van der Waals surface area contributed by atoms with Crippen molar-refractivity contribution in [2.24, 2.45) is 0 Å². The monoisotopic (exact) mass is 290 g/mol. The number of amides is 1. The smallest absolute Gasteiger partial charge is 0.223 e. The van der Waals surface area contributed by atoms with Gasteiger partial charge in [0.25, 0.3) is 0 Å². The molecule has 0 spiro atoms. The van der Waals surface area contributed by atoms with Crippen molar-refractivity contribution in [2.45, 2.75) is 38.4 Å². The second-order valence-corrected chi connectivity index (χ2v) is 5.60. The van der Waals surface area contributed by atoms with E-state index in [0.717, 1.165) is 31.7 Å². The average molecular weight is 290 g/mol. The van der Waals surface area contributed by atoms with Crippen molar-refractivity contribution in [1.29, 1.82) is 0 Å². The number of fused-ring (bicyclic) bond motifs is 1. The Kier molecular flexibility index (Phi) is 4.36. The Morgan fingerprint density at radius 1 is 1.52 bits per heavy atom. The fourth-order valence-corrected chi connectivity index (χ4v) is 2.94. The van der Waals surface area contributed by atoms with Gasteiger partial charge in [-0.15, -0.1) is 0 Å². The molecule has 2 aliphatic rings. The average Bonchev–Trinajstić information content (AvgIpc) is 3.07. The summed E-state index contributed by atoms with van der Waals surface area (Å²) in [7, 11) is 0. The van der Waals surface area contributed by atoms with Crippen molar-refractivity contribution in [1.82, 2.24) is 20.0 Å². The number of carbonyl (C=O) groups excluding carboxylic acids is 1. The summed E-state index contributed by atoms with van der Waals surface area (Å²) in [4.78, 5) is 13.9. The Morgan fingerprint density at radius 3 is 3.29 bits per heavy atom. The topological polar surface area (TPSA) is 70.4 Å². The molecule has 1 amide bonds. The number of aromatic nitrogens is 2. The van der Waals surface area contributed by atoms with Crippen molar-refractivity contribution in [3.8, 4) is 0 Å². The number of nitrogens with one attached hydrogen (secondary N) is 1. The lowest BCUT2D eigenvalue weighted by Crippen LogP contribution is -2.38. The zero-order valence-electron chi connectivity index (χ0n) is 12.2. The van der Waals surface area contributed by atoms with Crippen LogP contribution in [-0.2, 0) is 24.3 Å². The van der Waals surface area contributed by atoms with Gasteiger partial charge in [-0.2, -0.15) is 5.10 Å². The normalized spacial score (nSPS) is 21.4. The van der Waals surface area contributed by atoms with Crippen LogP contribution in [0.15, 0.2) is 18.2 Å². The van der Waals surface area contributed by atoms with Crippen molar-refractivity contribution in [2.75, 3.05) is 19.7 Å². The van der Waals surface area contributed by atoms with E-state index in [0.29, 0.717) is 19.4 Å². The highest BCUT2D eigenvalue weighted by atomic mass is 16.3. The molecule has 0 radical (unpaired) electrons. The van der Waals surface area contributed by atoms with Crippen LogP contribution >= 0.6 is 0 Å². The molecule has 1 aromatic rings. The molecule has 0 saturated heterocycles. The van der Waals surface area contributed by atoms with Crippen molar-refractivity contribution in [3.63, 3.8) is 0 Å². The molecule has 0 bridgehead atoms. The number of rotatable bonds is 4. The minimum absolute atomic E-state index is 0.00726. The van der Waals surface area contributed by atoms with Crippen LogP contribution in [0.3, 0.4) is 0 Å². The standard InChI is InChI=1S/C15H22N4O2/c20-11-13-3-1-7-18(13)15(21)5-4-12-9-14-10-16-6-2-8-19(14)17-12/h1,3,9,13,16,20H,2,4-8,10-11H2/t13-/m0/s1. The third-order valence-electron chi connectivity index (χ3n) is 4.11. The molecule has 1 atom stereocenters. The molecule has 2 aliphatic heterocycles. The Bertz CT molecular complexity index is 514. The maximum atomic E-state index is 12.2. The van der Waals surface area contributed by atoms with Crippen LogP contribution in [0.25, 0.3) is 0 Å². The summed E-state index contributed by atoms with van der Waals surface area (Å²) in [5, 5.41) is 17.2. The third-order valence-corrected chi connectivity index (χ3v) is 4.11. The first-order valence-corrected chi connectivity index (χ1v) is 7.61. The Balaban J connectivity index is 1.56. The summed E-state index contributed by atoms with van der Waals surface area (Å²) in [5.41, 5.74) is 2.18. The van der Waals surface area contributed by atoms with E-state index < -0.39 is 0 Å². The molecule has 3 rings (SSSR count). The second kappa shape index (κ2) is 6.41. The predicted molar refractivity (Wildman–Crippen MR) is 78.6 cm³/mol. The van der Waals surface area contributed by atoms with Gasteiger partial charge in [-0.1, -0.05) is 12.2 Å². The number of aryl methyl sites for hydroxylation is 2. The van der Waals surface area contributed by atoms with Crippen molar-refractivity contribution >= 4 is 5.91 Å². The van der Waals surface area contributed by atoms with Gasteiger partial charge in [-0.05, 0) is 19.0 Å². The lowest BCUT2D eigenvalue weighted by molar-refractivity contribution is -0.132. The largest absolute Gasteiger partial charge is 0.394 e. The van der Waals surface area contributed by atoms with Crippen LogP contribution in [-0.4, -0.2) is 51.4 Å². The zero-order chi connectivity index (χ0) is 14.7. The first kappa shape index (κ1) is 14.3. The highest BCUT2D eigenvalue weighted by Gasteiger charge is 2.23. The van der Waals surface area contributed by atoms with E-state index in [-0.39, 0.29) is 18.6 Å². The molecule has 0 unspecified atom stereocenters. The van der Waals surface area contributed by atoms with Gasteiger partial charge >= 0.3 is 0 Å². The van der Waals surface area contributed by atoms with Crippen LogP contribution in [0.2, 0.25) is 0 Å². The third kappa shape index (κ3) is 3.16. The Morgan fingerprint density at radius 2 is 2.43 bits per heavy atom. The molecule has 0 aromatic carbocycles. The highest BCUT2D eigenvalue weighted by molar-refractivity contribution is 5.77. The fourth-order valence-electron chi connectivity index (χ4n) is 2.94. The summed E-state index contributed by atoms with van der Waals surface area (Å²) >= 11 is 0. The quantitative estimate of drug-likeness (QED) is 0.770. The molecule has 2 N–H and O–H groups in total. The Labute approximate surface area is 124 Å². The number of hydrogen-bond donors (Lipinski definition) is 2. The number of nitrogens with zero attached hydrogens (tertiary/aromatic N) is 3. The summed E-state index contributed by atoms with van der Waals surface area (Å²) in [6.45, 7) is 3.42. The lowest BCUT2D eigenvalue weighted by atomic mass is 10.2. The predicted octanol–water partition coefficient (Wildman–Crippen LogP) is 0.0683. The molecule has 0 aliphatic carbocycles. The van der Waals surface area contributed by atoms with Gasteiger partial charge in [0.05, 0.1) is 24.0 Å². The SMILES string of the molecule is O=C(CCc1cc2n(n1)CCCNC2)N1CC=C[C@H]1CO. The Hall–Kier alpha value is -1.66. The van der Waals surface area contributed by atoms with Crippen molar-refractivity contribution in [3.05, 3.63) is 29.6 Å². The summed E-state index contributed by atoms with van der Waals surface area (Å²) in [6.07, 6.45) is 6.02. The molecule has 21 heavy (non-hydrogen) atoms. The van der Waals surface area contributed by atoms with Crippen LogP contribution in [0.4, 0.5) is 0 Å². The molecular weight excluding hydrogens is 268 g/mol. The number of aliphatic hydroxyl groups is 1. The van der Waals surface area contributed by atoms with E-state index in [1.165, 1.54) is 5.69 Å². The molecule has 114 valence electrons. The van der Waals surface area contributed by atoms with Crippen LogP contribution in [0.5, 0.6) is 0 Å². The van der Waals surface area contributed by atoms with Gasteiger partial charge in [0, 0.05) is 32.5 Å². The molecule has 6 heteroatoms. The van der Waals surface area contributed by atoms with Gasteiger partial charge in [0.2, 0.25) is 5.91 Å². The van der Waals surface area contributed by atoms with Crippen molar-refractivity contribution < 1.29 is 9.90 Å². The minimum atomic E-state index is -0.152.